The van der Waals surface area contributed by atoms with Gasteiger partial charge in [0.15, 0.2) is 0 Å². The number of thiophene rings is 1. The molecule has 136 valence electrons. The van der Waals surface area contributed by atoms with Crippen LogP contribution in [-0.4, -0.2) is 17.4 Å². The minimum absolute atomic E-state index is 0.149. The van der Waals surface area contributed by atoms with Gasteiger partial charge in [-0.25, -0.2) is 4.68 Å². The summed E-state index contributed by atoms with van der Waals surface area (Å²) in [6, 6.07) is 12.5. The highest BCUT2D eigenvalue weighted by molar-refractivity contribution is 7.19. The van der Waals surface area contributed by atoms with E-state index in [1.54, 1.807) is 22.7 Å². The molecule has 3 rings (SSSR count). The van der Waals surface area contributed by atoms with E-state index in [1.807, 2.05) is 29.9 Å². The quantitative estimate of drug-likeness (QED) is 0.476. The Labute approximate surface area is 167 Å². The number of aromatic nitrogens is 1. The average molecular weight is 404 g/mol. The van der Waals surface area contributed by atoms with Crippen LogP contribution >= 0.6 is 34.3 Å². The highest BCUT2D eigenvalue weighted by atomic mass is 35.5. The van der Waals surface area contributed by atoms with Gasteiger partial charge in [0.25, 0.3) is 0 Å². The van der Waals surface area contributed by atoms with E-state index in [1.165, 1.54) is 5.56 Å². The maximum absolute atomic E-state index is 6.11. The van der Waals surface area contributed by atoms with Crippen molar-refractivity contribution < 1.29 is 0 Å². The van der Waals surface area contributed by atoms with Gasteiger partial charge in [0.05, 0.1) is 21.1 Å². The van der Waals surface area contributed by atoms with Crippen LogP contribution in [0, 0.1) is 0 Å². The van der Waals surface area contributed by atoms with E-state index < -0.39 is 0 Å². The lowest BCUT2D eigenvalue weighted by Gasteiger charge is -2.18. The smallest absolute Gasteiger partial charge is 0.206 e. The van der Waals surface area contributed by atoms with Crippen LogP contribution in [0.5, 0.6) is 0 Å². The molecule has 0 unspecified atom stereocenters. The molecule has 0 bridgehead atoms. The molecule has 0 aliphatic heterocycles. The zero-order valence-corrected chi connectivity index (χ0v) is 17.8. The van der Waals surface area contributed by atoms with E-state index in [4.69, 9.17) is 16.7 Å². The summed E-state index contributed by atoms with van der Waals surface area (Å²) >= 11 is 9.25. The predicted octanol–water partition coefficient (Wildman–Crippen LogP) is 6.03. The van der Waals surface area contributed by atoms with Crippen LogP contribution in [0.2, 0.25) is 4.34 Å². The van der Waals surface area contributed by atoms with Crippen LogP contribution in [0.4, 0.5) is 0 Å². The van der Waals surface area contributed by atoms with Gasteiger partial charge in [-0.1, -0.05) is 56.6 Å². The van der Waals surface area contributed by atoms with Crippen molar-refractivity contribution in [3.05, 3.63) is 62.0 Å². The molecule has 3 nitrogen and oxygen atoms in total. The Kier molecular flexibility index (Phi) is 5.80. The summed E-state index contributed by atoms with van der Waals surface area (Å²) in [5.41, 5.74) is 3.54. The van der Waals surface area contributed by atoms with Gasteiger partial charge in [-0.05, 0) is 35.6 Å². The first-order valence-electron chi connectivity index (χ1n) is 8.50. The standard InChI is InChI=1S/C20H22ClN3S2/c1-5-22-19-24(16(13-25-19)17-10-11-18(21)26-17)23-12-14-6-8-15(9-7-14)20(2,3)4/h6-13H,5H2,1-4H3. The van der Waals surface area contributed by atoms with Gasteiger partial charge in [-0.3, -0.25) is 4.99 Å². The molecular formula is C20H22ClN3S2. The molecule has 0 aliphatic rings. The second-order valence-corrected chi connectivity index (χ2v) is 9.46. The highest BCUT2D eigenvalue weighted by Crippen LogP contribution is 2.31. The second-order valence-electron chi connectivity index (χ2n) is 6.91. The molecule has 6 heteroatoms. The summed E-state index contributed by atoms with van der Waals surface area (Å²) in [6.45, 7) is 9.40. The van der Waals surface area contributed by atoms with Crippen molar-refractivity contribution in [1.82, 2.24) is 4.68 Å². The normalized spacial score (nSPS) is 13.0. The Morgan fingerprint density at radius 2 is 1.85 bits per heavy atom. The summed E-state index contributed by atoms with van der Waals surface area (Å²) in [4.78, 5) is 6.53. The van der Waals surface area contributed by atoms with Gasteiger partial charge < -0.3 is 0 Å². The SMILES string of the molecule is CCN=c1scc(-c2ccc(Cl)s2)n1N=Cc1ccc(C(C)(C)C)cc1. The van der Waals surface area contributed by atoms with E-state index in [0.29, 0.717) is 0 Å². The number of rotatable bonds is 4. The number of benzene rings is 1. The fourth-order valence-corrected chi connectivity index (χ4v) is 4.48. The second kappa shape index (κ2) is 7.91. The molecule has 0 spiro atoms. The largest absolute Gasteiger partial charge is 0.258 e. The third-order valence-electron chi connectivity index (χ3n) is 3.90. The number of hydrogen-bond acceptors (Lipinski definition) is 4. The molecule has 3 aromatic rings. The summed E-state index contributed by atoms with van der Waals surface area (Å²) in [7, 11) is 0. The van der Waals surface area contributed by atoms with Crippen molar-refractivity contribution in [2.45, 2.75) is 33.1 Å². The van der Waals surface area contributed by atoms with Crippen LogP contribution in [-0.2, 0) is 5.41 Å². The molecule has 0 atom stereocenters. The van der Waals surface area contributed by atoms with E-state index in [2.05, 4.69) is 55.4 Å². The molecule has 0 fully saturated rings. The topological polar surface area (TPSA) is 29.6 Å². The Balaban J connectivity index is 1.97. The molecular weight excluding hydrogens is 382 g/mol. The van der Waals surface area contributed by atoms with Gasteiger partial charge in [-0.2, -0.15) is 5.10 Å². The van der Waals surface area contributed by atoms with Crippen LogP contribution < -0.4 is 4.80 Å². The van der Waals surface area contributed by atoms with E-state index in [-0.39, 0.29) is 5.41 Å². The third-order valence-corrected chi connectivity index (χ3v) is 6.01. The van der Waals surface area contributed by atoms with Gasteiger partial charge in [-0.15, -0.1) is 22.7 Å². The maximum atomic E-state index is 6.11. The number of nitrogens with zero attached hydrogens (tertiary/aromatic N) is 3. The van der Waals surface area contributed by atoms with E-state index >= 15 is 0 Å². The fraction of sp³-hybridized carbons (Fsp3) is 0.300. The summed E-state index contributed by atoms with van der Waals surface area (Å²) in [5.74, 6) is 0. The first-order valence-corrected chi connectivity index (χ1v) is 10.6. The fourth-order valence-electron chi connectivity index (χ4n) is 2.47. The van der Waals surface area contributed by atoms with Crippen LogP contribution in [0.1, 0.15) is 38.8 Å². The molecule has 2 heterocycles. The molecule has 2 aromatic heterocycles. The van der Waals surface area contributed by atoms with Crippen LogP contribution in [0.3, 0.4) is 0 Å². The molecule has 0 radical (unpaired) electrons. The van der Waals surface area contributed by atoms with Crippen LogP contribution in [0.15, 0.2) is 51.9 Å². The summed E-state index contributed by atoms with van der Waals surface area (Å²) < 4.78 is 2.67. The van der Waals surface area contributed by atoms with Crippen molar-refractivity contribution in [3.63, 3.8) is 0 Å². The maximum Gasteiger partial charge on any atom is 0.206 e. The first-order chi connectivity index (χ1) is 12.4. The van der Waals surface area contributed by atoms with Crippen LogP contribution in [0.25, 0.3) is 10.6 Å². The molecule has 0 saturated carbocycles. The molecule has 0 aliphatic carbocycles. The third kappa shape index (κ3) is 4.34. The lowest BCUT2D eigenvalue weighted by atomic mass is 9.87. The lowest BCUT2D eigenvalue weighted by molar-refractivity contribution is 0.590. The van der Waals surface area contributed by atoms with E-state index in [0.717, 1.165) is 31.8 Å². The minimum atomic E-state index is 0.149. The predicted molar refractivity (Wildman–Crippen MR) is 115 cm³/mol. The zero-order chi connectivity index (χ0) is 18.7. The van der Waals surface area contributed by atoms with Gasteiger partial charge in [0, 0.05) is 11.9 Å². The molecule has 26 heavy (non-hydrogen) atoms. The van der Waals surface area contributed by atoms with Gasteiger partial charge >= 0.3 is 0 Å². The monoisotopic (exact) mass is 403 g/mol. The van der Waals surface area contributed by atoms with Crippen molar-refractivity contribution in [1.29, 1.82) is 0 Å². The number of thiazole rings is 1. The Bertz CT molecular complexity index is 970. The highest BCUT2D eigenvalue weighted by Gasteiger charge is 2.13. The lowest BCUT2D eigenvalue weighted by Crippen LogP contribution is -2.12. The van der Waals surface area contributed by atoms with Crippen molar-refractivity contribution in [3.8, 4) is 10.6 Å². The summed E-state index contributed by atoms with van der Waals surface area (Å²) in [5, 5.41) is 6.78. The van der Waals surface area contributed by atoms with Crippen molar-refractivity contribution >= 4 is 40.5 Å². The Hall–Kier alpha value is -1.69. The zero-order valence-electron chi connectivity index (χ0n) is 15.4. The van der Waals surface area contributed by atoms with Gasteiger partial charge in [0.2, 0.25) is 4.80 Å². The Morgan fingerprint density at radius 3 is 2.42 bits per heavy atom. The van der Waals surface area contributed by atoms with E-state index in [9.17, 15) is 0 Å². The number of halogens is 1. The Morgan fingerprint density at radius 1 is 1.12 bits per heavy atom. The summed E-state index contributed by atoms with van der Waals surface area (Å²) in [6.07, 6.45) is 1.88. The molecule has 1 aromatic carbocycles. The first kappa shape index (κ1) is 19.1. The molecule has 0 amide bonds. The average Bonchev–Trinajstić information content (AvgIpc) is 3.19. The number of hydrogen-bond donors (Lipinski definition) is 0. The molecule has 0 saturated heterocycles. The van der Waals surface area contributed by atoms with Crippen molar-refractivity contribution in [2.75, 3.05) is 6.54 Å². The molecule has 0 N–H and O–H groups in total. The van der Waals surface area contributed by atoms with Crippen molar-refractivity contribution in [2.24, 2.45) is 10.1 Å². The minimum Gasteiger partial charge on any atom is -0.258 e. The van der Waals surface area contributed by atoms with Gasteiger partial charge in [0.1, 0.15) is 0 Å².